The molecule has 34 heavy (non-hydrogen) atoms. The number of carbonyl (C=O) groups excluding carboxylic acids is 2. The fourth-order valence-electron chi connectivity index (χ4n) is 3.93. The number of amides is 3. The van der Waals surface area contributed by atoms with Crippen molar-refractivity contribution in [1.29, 1.82) is 0 Å². The number of hydrogen-bond donors (Lipinski definition) is 2. The number of hydrogen-bond acceptors (Lipinski definition) is 5. The van der Waals surface area contributed by atoms with Crippen molar-refractivity contribution in [3.63, 3.8) is 0 Å². The summed E-state index contributed by atoms with van der Waals surface area (Å²) in [5, 5.41) is 14.7. The van der Waals surface area contributed by atoms with E-state index >= 15 is 0 Å². The van der Waals surface area contributed by atoms with Crippen molar-refractivity contribution in [3.8, 4) is 5.69 Å². The van der Waals surface area contributed by atoms with Crippen LogP contribution in [0.15, 0.2) is 60.0 Å². The summed E-state index contributed by atoms with van der Waals surface area (Å²) >= 11 is 1.39. The highest BCUT2D eigenvalue weighted by molar-refractivity contribution is 7.99. The van der Waals surface area contributed by atoms with Crippen molar-refractivity contribution >= 4 is 29.4 Å². The molecule has 1 unspecified atom stereocenters. The summed E-state index contributed by atoms with van der Waals surface area (Å²) in [6.07, 6.45) is 3.59. The molecule has 1 aliphatic rings. The maximum absolute atomic E-state index is 12.9. The van der Waals surface area contributed by atoms with Crippen LogP contribution in [0.4, 0.5) is 10.5 Å². The predicted octanol–water partition coefficient (Wildman–Crippen LogP) is 4.04. The van der Waals surface area contributed by atoms with Gasteiger partial charge in [0.15, 0.2) is 5.16 Å². The Bertz CT molecular complexity index is 1110. The van der Waals surface area contributed by atoms with Crippen molar-refractivity contribution in [2.24, 2.45) is 5.92 Å². The van der Waals surface area contributed by atoms with Crippen molar-refractivity contribution in [2.75, 3.05) is 30.7 Å². The first-order valence-electron chi connectivity index (χ1n) is 11.5. The Morgan fingerprint density at radius 1 is 1.06 bits per heavy atom. The van der Waals surface area contributed by atoms with Gasteiger partial charge in [0.1, 0.15) is 6.33 Å². The minimum atomic E-state index is -0.224. The van der Waals surface area contributed by atoms with Crippen LogP contribution < -0.4 is 10.6 Å². The van der Waals surface area contributed by atoms with Crippen LogP contribution in [-0.2, 0) is 4.79 Å². The average Bonchev–Trinajstić information content (AvgIpc) is 3.32. The second-order valence-corrected chi connectivity index (χ2v) is 9.60. The van der Waals surface area contributed by atoms with Crippen molar-refractivity contribution in [1.82, 2.24) is 25.0 Å². The average molecular weight is 479 g/mol. The van der Waals surface area contributed by atoms with E-state index in [0.717, 1.165) is 36.3 Å². The third-order valence-corrected chi connectivity index (χ3v) is 6.81. The van der Waals surface area contributed by atoms with Gasteiger partial charge in [-0.25, -0.2) is 4.79 Å². The number of urea groups is 1. The molecule has 0 radical (unpaired) electrons. The second-order valence-electron chi connectivity index (χ2n) is 8.66. The van der Waals surface area contributed by atoms with E-state index in [1.165, 1.54) is 17.3 Å². The Hall–Kier alpha value is -3.33. The fraction of sp³-hybridized carbons (Fsp3) is 0.360. The van der Waals surface area contributed by atoms with Crippen LogP contribution in [0.3, 0.4) is 0 Å². The molecule has 3 amide bonds. The third-order valence-electron chi connectivity index (χ3n) is 5.89. The van der Waals surface area contributed by atoms with Gasteiger partial charge in [-0.15, -0.1) is 10.2 Å². The molecule has 8 nitrogen and oxygen atoms in total. The maximum atomic E-state index is 12.9. The van der Waals surface area contributed by atoms with Gasteiger partial charge in [-0.3, -0.25) is 9.36 Å². The summed E-state index contributed by atoms with van der Waals surface area (Å²) in [6.45, 7) is 5.98. The van der Waals surface area contributed by atoms with E-state index in [2.05, 4.69) is 20.8 Å². The quantitative estimate of drug-likeness (QED) is 0.500. The summed E-state index contributed by atoms with van der Waals surface area (Å²) in [5.74, 6) is 0.624. The minimum absolute atomic E-state index is 0.0808. The highest BCUT2D eigenvalue weighted by atomic mass is 32.2. The number of anilines is 1. The number of aromatic nitrogens is 3. The first kappa shape index (κ1) is 23.8. The molecule has 9 heteroatoms. The van der Waals surface area contributed by atoms with Gasteiger partial charge < -0.3 is 15.5 Å². The Labute approximate surface area is 204 Å². The number of aryl methyl sites for hydroxylation is 2. The van der Waals surface area contributed by atoms with Crippen LogP contribution in [0, 0.1) is 19.8 Å². The third kappa shape index (κ3) is 6.38. The molecule has 0 spiro atoms. The first-order chi connectivity index (χ1) is 16.5. The maximum Gasteiger partial charge on any atom is 0.319 e. The van der Waals surface area contributed by atoms with Gasteiger partial charge in [0.2, 0.25) is 5.91 Å². The van der Waals surface area contributed by atoms with E-state index in [9.17, 15) is 9.59 Å². The number of piperidine rings is 1. The van der Waals surface area contributed by atoms with E-state index in [1.807, 2.05) is 71.8 Å². The molecule has 1 saturated heterocycles. The molecule has 2 N–H and O–H groups in total. The van der Waals surface area contributed by atoms with Crippen molar-refractivity contribution in [3.05, 3.63) is 66.0 Å². The van der Waals surface area contributed by atoms with Gasteiger partial charge in [-0.2, -0.15) is 0 Å². The molecule has 1 atom stereocenters. The number of thioether (sulfide) groups is 1. The Balaban J connectivity index is 1.24. The fourth-order valence-corrected chi connectivity index (χ4v) is 4.76. The Morgan fingerprint density at radius 3 is 2.50 bits per heavy atom. The minimum Gasteiger partial charge on any atom is -0.342 e. The van der Waals surface area contributed by atoms with E-state index in [1.54, 1.807) is 6.33 Å². The topological polar surface area (TPSA) is 92.2 Å². The zero-order chi connectivity index (χ0) is 23.9. The standard InChI is InChI=1S/C25H30N6O2S/c1-18-5-9-21(10-6-18)28-24(33)26-14-20-4-3-13-30(15-20)23(32)16-34-25-29-27-17-31(25)22-11-7-19(2)8-12-22/h5-12,17,20H,3-4,13-16H2,1-2H3,(H2,26,28,33). The van der Waals surface area contributed by atoms with Gasteiger partial charge >= 0.3 is 6.03 Å². The van der Waals surface area contributed by atoms with Gasteiger partial charge in [0.25, 0.3) is 0 Å². The molecule has 0 saturated carbocycles. The highest BCUT2D eigenvalue weighted by Crippen LogP contribution is 2.22. The molecule has 0 aliphatic carbocycles. The molecule has 2 heterocycles. The molecule has 1 aliphatic heterocycles. The summed E-state index contributed by atoms with van der Waals surface area (Å²) in [7, 11) is 0. The van der Waals surface area contributed by atoms with Crippen LogP contribution in [0.1, 0.15) is 24.0 Å². The number of rotatable bonds is 7. The number of nitrogens with one attached hydrogen (secondary N) is 2. The van der Waals surface area contributed by atoms with Crippen LogP contribution in [0.2, 0.25) is 0 Å². The molecule has 2 aromatic carbocycles. The van der Waals surface area contributed by atoms with Gasteiger partial charge in [0.05, 0.1) is 5.75 Å². The molecule has 0 bridgehead atoms. The summed E-state index contributed by atoms with van der Waals surface area (Å²) in [5.41, 5.74) is 4.06. The van der Waals surface area contributed by atoms with E-state index < -0.39 is 0 Å². The molecular weight excluding hydrogens is 448 g/mol. The SMILES string of the molecule is Cc1ccc(NC(=O)NCC2CCCN(C(=O)CSc3nncn3-c3ccc(C)cc3)C2)cc1. The Morgan fingerprint density at radius 2 is 1.76 bits per heavy atom. The lowest BCUT2D eigenvalue weighted by Gasteiger charge is -2.32. The van der Waals surface area contributed by atoms with Gasteiger partial charge in [0, 0.05) is 31.0 Å². The Kier molecular flexibility index (Phi) is 7.84. The number of benzene rings is 2. The normalized spacial score (nSPS) is 15.7. The predicted molar refractivity (Wildman–Crippen MR) is 134 cm³/mol. The summed E-state index contributed by atoms with van der Waals surface area (Å²) in [4.78, 5) is 27.0. The van der Waals surface area contributed by atoms with Crippen LogP contribution in [0.25, 0.3) is 5.69 Å². The van der Waals surface area contributed by atoms with E-state index in [-0.39, 0.29) is 17.9 Å². The largest absolute Gasteiger partial charge is 0.342 e. The smallest absolute Gasteiger partial charge is 0.319 e. The van der Waals surface area contributed by atoms with Crippen molar-refractivity contribution < 1.29 is 9.59 Å². The number of carbonyl (C=O) groups is 2. The van der Waals surface area contributed by atoms with Crippen LogP contribution in [-0.4, -0.2) is 57.0 Å². The highest BCUT2D eigenvalue weighted by Gasteiger charge is 2.24. The molecule has 4 rings (SSSR count). The zero-order valence-electron chi connectivity index (χ0n) is 19.5. The number of likely N-dealkylation sites (tertiary alicyclic amines) is 1. The van der Waals surface area contributed by atoms with Gasteiger partial charge in [-0.05, 0) is 56.9 Å². The van der Waals surface area contributed by atoms with Crippen LogP contribution in [0.5, 0.6) is 0 Å². The monoisotopic (exact) mass is 478 g/mol. The van der Waals surface area contributed by atoms with E-state index in [0.29, 0.717) is 24.0 Å². The van der Waals surface area contributed by atoms with Crippen molar-refractivity contribution in [2.45, 2.75) is 31.8 Å². The molecular formula is C25H30N6O2S. The summed E-state index contributed by atoms with van der Waals surface area (Å²) < 4.78 is 1.90. The lowest BCUT2D eigenvalue weighted by atomic mass is 9.98. The molecule has 1 aromatic heterocycles. The first-order valence-corrected chi connectivity index (χ1v) is 12.5. The second kappa shape index (κ2) is 11.2. The molecule has 178 valence electrons. The number of nitrogens with zero attached hydrogens (tertiary/aromatic N) is 4. The lowest BCUT2D eigenvalue weighted by molar-refractivity contribution is -0.130. The lowest BCUT2D eigenvalue weighted by Crippen LogP contribution is -2.45. The van der Waals surface area contributed by atoms with Gasteiger partial charge in [-0.1, -0.05) is 47.2 Å². The van der Waals surface area contributed by atoms with Crippen LogP contribution >= 0.6 is 11.8 Å². The zero-order valence-corrected chi connectivity index (χ0v) is 20.3. The molecule has 3 aromatic rings. The van der Waals surface area contributed by atoms with E-state index in [4.69, 9.17) is 0 Å². The molecule has 1 fully saturated rings. The summed E-state index contributed by atoms with van der Waals surface area (Å²) in [6, 6.07) is 15.6.